The van der Waals surface area contributed by atoms with Crippen molar-refractivity contribution >= 4 is 5.69 Å². The van der Waals surface area contributed by atoms with E-state index in [1.165, 1.54) is 12.8 Å². The monoisotopic (exact) mass is 279 g/mol. The van der Waals surface area contributed by atoms with Crippen LogP contribution in [0.15, 0.2) is 18.2 Å². The Morgan fingerprint density at radius 1 is 1.40 bits per heavy atom. The van der Waals surface area contributed by atoms with Gasteiger partial charge in [0.1, 0.15) is 5.82 Å². The summed E-state index contributed by atoms with van der Waals surface area (Å²) in [7, 11) is 4.20. The Labute approximate surface area is 121 Å². The summed E-state index contributed by atoms with van der Waals surface area (Å²) < 4.78 is 14.1. The average molecular weight is 279 g/mol. The van der Waals surface area contributed by atoms with E-state index in [1.807, 2.05) is 13.0 Å². The van der Waals surface area contributed by atoms with E-state index in [-0.39, 0.29) is 5.82 Å². The normalized spacial score (nSPS) is 19.1. The summed E-state index contributed by atoms with van der Waals surface area (Å²) in [6.07, 6.45) is 2.38. The third-order valence-electron chi connectivity index (χ3n) is 3.91. The van der Waals surface area contributed by atoms with Gasteiger partial charge in [0.05, 0.1) is 0 Å². The van der Waals surface area contributed by atoms with Crippen molar-refractivity contribution in [1.29, 1.82) is 0 Å². The molecule has 1 atom stereocenters. The fraction of sp³-hybridized carbons (Fsp3) is 0.625. The second kappa shape index (κ2) is 7.04. The first-order valence-corrected chi connectivity index (χ1v) is 7.53. The molecule has 112 valence electrons. The van der Waals surface area contributed by atoms with Crippen molar-refractivity contribution in [2.24, 2.45) is 0 Å². The summed E-state index contributed by atoms with van der Waals surface area (Å²) in [5.41, 5.74) is 1.87. The van der Waals surface area contributed by atoms with Crippen LogP contribution < -0.4 is 10.2 Å². The Balaban J connectivity index is 2.24. The van der Waals surface area contributed by atoms with Crippen molar-refractivity contribution in [1.82, 2.24) is 10.2 Å². The summed E-state index contributed by atoms with van der Waals surface area (Å²) in [6.45, 7) is 5.56. The number of anilines is 1. The predicted molar refractivity (Wildman–Crippen MR) is 82.7 cm³/mol. The Bertz CT molecular complexity index is 434. The molecule has 1 aliphatic heterocycles. The third-order valence-corrected chi connectivity index (χ3v) is 3.91. The van der Waals surface area contributed by atoms with Gasteiger partial charge in [-0.1, -0.05) is 13.0 Å². The minimum absolute atomic E-state index is 0.0982. The van der Waals surface area contributed by atoms with E-state index in [1.54, 1.807) is 6.07 Å². The molecule has 1 saturated heterocycles. The first-order valence-electron chi connectivity index (χ1n) is 7.53. The maximum Gasteiger partial charge on any atom is 0.129 e. The Morgan fingerprint density at radius 2 is 2.20 bits per heavy atom. The van der Waals surface area contributed by atoms with Crippen LogP contribution in [0.5, 0.6) is 0 Å². The van der Waals surface area contributed by atoms with Gasteiger partial charge in [-0.15, -0.1) is 0 Å². The smallest absolute Gasteiger partial charge is 0.129 e. The fourth-order valence-corrected chi connectivity index (χ4v) is 3.01. The summed E-state index contributed by atoms with van der Waals surface area (Å²) in [4.78, 5) is 4.60. The molecule has 0 aliphatic carbocycles. The van der Waals surface area contributed by atoms with Gasteiger partial charge in [0.25, 0.3) is 0 Å². The molecule has 0 radical (unpaired) electrons. The number of nitrogens with zero attached hydrogens (tertiary/aromatic N) is 2. The molecular formula is C16H26FN3. The molecule has 1 unspecified atom stereocenters. The summed E-state index contributed by atoms with van der Waals surface area (Å²) in [6, 6.07) is 5.94. The summed E-state index contributed by atoms with van der Waals surface area (Å²) >= 11 is 0. The molecule has 0 spiro atoms. The zero-order valence-electron chi connectivity index (χ0n) is 12.8. The van der Waals surface area contributed by atoms with Gasteiger partial charge >= 0.3 is 0 Å². The lowest BCUT2D eigenvalue weighted by molar-refractivity contribution is 0.372. The first-order chi connectivity index (χ1) is 9.63. The van der Waals surface area contributed by atoms with Gasteiger partial charge in [0.2, 0.25) is 0 Å². The number of hydrogen-bond acceptors (Lipinski definition) is 3. The van der Waals surface area contributed by atoms with Gasteiger partial charge in [-0.25, -0.2) is 4.39 Å². The number of nitrogens with one attached hydrogen (secondary N) is 1. The molecule has 0 aromatic heterocycles. The summed E-state index contributed by atoms with van der Waals surface area (Å²) in [5, 5.41) is 3.25. The van der Waals surface area contributed by atoms with Crippen LogP contribution >= 0.6 is 0 Å². The summed E-state index contributed by atoms with van der Waals surface area (Å²) in [5.74, 6) is -0.0982. The quantitative estimate of drug-likeness (QED) is 0.863. The molecule has 1 N–H and O–H groups in total. The van der Waals surface area contributed by atoms with Crippen molar-refractivity contribution < 1.29 is 4.39 Å². The standard InChI is InChI=1S/C16H26FN3/c1-4-18-11-14-15(17)8-5-9-16(14)20-10-6-7-13(20)12-19(2)3/h5,8-9,13,18H,4,6-7,10-12H2,1-3H3. The highest BCUT2D eigenvalue weighted by molar-refractivity contribution is 5.56. The van der Waals surface area contributed by atoms with Gasteiger partial charge in [-0.05, 0) is 45.6 Å². The largest absolute Gasteiger partial charge is 0.367 e. The molecule has 1 fully saturated rings. The van der Waals surface area contributed by atoms with Crippen LogP contribution in [-0.4, -0.2) is 44.7 Å². The van der Waals surface area contributed by atoms with Gasteiger partial charge in [-0.2, -0.15) is 0 Å². The van der Waals surface area contributed by atoms with E-state index in [9.17, 15) is 4.39 Å². The minimum Gasteiger partial charge on any atom is -0.367 e. The van der Waals surface area contributed by atoms with E-state index in [4.69, 9.17) is 0 Å². The lowest BCUT2D eigenvalue weighted by Gasteiger charge is -2.31. The predicted octanol–water partition coefficient (Wildman–Crippen LogP) is 2.47. The molecule has 2 rings (SSSR count). The number of halogens is 1. The lowest BCUT2D eigenvalue weighted by Crippen LogP contribution is -2.38. The van der Waals surface area contributed by atoms with Crippen molar-refractivity contribution in [3.05, 3.63) is 29.6 Å². The second-order valence-electron chi connectivity index (χ2n) is 5.77. The van der Waals surface area contributed by atoms with Crippen molar-refractivity contribution in [3.8, 4) is 0 Å². The molecule has 1 aromatic rings. The van der Waals surface area contributed by atoms with E-state index in [0.29, 0.717) is 12.6 Å². The van der Waals surface area contributed by atoms with E-state index >= 15 is 0 Å². The Hall–Kier alpha value is -1.13. The Kier molecular flexibility index (Phi) is 5.38. The van der Waals surface area contributed by atoms with Crippen LogP contribution in [-0.2, 0) is 6.54 Å². The molecule has 1 aromatic carbocycles. The van der Waals surface area contributed by atoms with E-state index < -0.39 is 0 Å². The minimum atomic E-state index is -0.0982. The number of likely N-dealkylation sites (N-methyl/N-ethyl adjacent to an activating group) is 1. The lowest BCUT2D eigenvalue weighted by atomic mass is 10.1. The maximum atomic E-state index is 14.1. The van der Waals surface area contributed by atoms with Crippen LogP contribution in [0.2, 0.25) is 0 Å². The van der Waals surface area contributed by atoms with E-state index in [0.717, 1.165) is 30.9 Å². The molecule has 4 heteroatoms. The highest BCUT2D eigenvalue weighted by Gasteiger charge is 2.27. The van der Waals surface area contributed by atoms with Gasteiger partial charge in [0.15, 0.2) is 0 Å². The number of benzene rings is 1. The molecule has 1 aliphatic rings. The van der Waals surface area contributed by atoms with E-state index in [2.05, 4.69) is 35.3 Å². The zero-order chi connectivity index (χ0) is 14.5. The van der Waals surface area contributed by atoms with Crippen molar-refractivity contribution in [2.75, 3.05) is 38.6 Å². The third kappa shape index (κ3) is 3.49. The van der Waals surface area contributed by atoms with Gasteiger partial charge < -0.3 is 15.1 Å². The number of hydrogen-bond donors (Lipinski definition) is 1. The van der Waals surface area contributed by atoms with Gasteiger partial charge in [-0.3, -0.25) is 0 Å². The maximum absolute atomic E-state index is 14.1. The molecule has 3 nitrogen and oxygen atoms in total. The highest BCUT2D eigenvalue weighted by atomic mass is 19.1. The fourth-order valence-electron chi connectivity index (χ4n) is 3.01. The zero-order valence-corrected chi connectivity index (χ0v) is 12.8. The van der Waals surface area contributed by atoms with Crippen molar-refractivity contribution in [2.45, 2.75) is 32.4 Å². The van der Waals surface area contributed by atoms with Gasteiger partial charge in [0, 0.05) is 36.9 Å². The molecule has 1 heterocycles. The van der Waals surface area contributed by atoms with Crippen molar-refractivity contribution in [3.63, 3.8) is 0 Å². The first kappa shape index (κ1) is 15.3. The topological polar surface area (TPSA) is 18.5 Å². The molecule has 20 heavy (non-hydrogen) atoms. The number of rotatable bonds is 6. The molecule has 0 amide bonds. The van der Waals surface area contributed by atoms with Crippen LogP contribution in [0.25, 0.3) is 0 Å². The van der Waals surface area contributed by atoms with Crippen LogP contribution in [0, 0.1) is 5.82 Å². The highest BCUT2D eigenvalue weighted by Crippen LogP contribution is 2.30. The average Bonchev–Trinajstić information content (AvgIpc) is 2.84. The SMILES string of the molecule is CCNCc1c(F)cccc1N1CCCC1CN(C)C. The molecule has 0 bridgehead atoms. The van der Waals surface area contributed by atoms with Crippen LogP contribution in [0.4, 0.5) is 10.1 Å². The van der Waals surface area contributed by atoms with Crippen LogP contribution in [0.3, 0.4) is 0 Å². The molecule has 0 saturated carbocycles. The second-order valence-corrected chi connectivity index (χ2v) is 5.77. The molecular weight excluding hydrogens is 253 g/mol. The van der Waals surface area contributed by atoms with Crippen LogP contribution in [0.1, 0.15) is 25.3 Å². The Morgan fingerprint density at radius 3 is 2.90 bits per heavy atom.